The van der Waals surface area contributed by atoms with E-state index in [0.717, 1.165) is 22.0 Å². The smallest absolute Gasteiger partial charge is 0.0991 e. The minimum Gasteiger partial charge on any atom is -0.398 e. The minimum absolute atomic E-state index is 0.848. The normalized spacial score (nSPS) is 10.7. The summed E-state index contributed by atoms with van der Waals surface area (Å²) in [6, 6.07) is 14.7. The lowest BCUT2D eigenvalue weighted by molar-refractivity contribution is 1.05. The standard InChI is InChI=1S/C17H17N3S/c1-13-2-7-16(18)17(10-13)21-11-14-3-5-15(6-4-14)20-9-8-19-12-20/h2-10,12H,11,18H2,1H3. The molecule has 0 fully saturated rings. The first-order valence-electron chi connectivity index (χ1n) is 6.78. The molecule has 0 aliphatic carbocycles. The Labute approximate surface area is 128 Å². The van der Waals surface area contributed by atoms with Crippen LogP contribution in [0.5, 0.6) is 0 Å². The Bertz CT molecular complexity index is 718. The predicted octanol–water partition coefficient (Wildman–Crippen LogP) is 4.06. The third kappa shape index (κ3) is 3.28. The highest BCUT2D eigenvalue weighted by Crippen LogP contribution is 2.29. The molecule has 106 valence electrons. The second-order valence-electron chi connectivity index (χ2n) is 4.97. The van der Waals surface area contributed by atoms with Gasteiger partial charge in [0.05, 0.1) is 6.33 Å². The van der Waals surface area contributed by atoms with Crippen molar-refractivity contribution in [1.82, 2.24) is 9.55 Å². The molecule has 0 unspecified atom stereocenters. The van der Waals surface area contributed by atoms with E-state index in [9.17, 15) is 0 Å². The van der Waals surface area contributed by atoms with Crippen molar-refractivity contribution >= 4 is 17.4 Å². The van der Waals surface area contributed by atoms with Crippen LogP contribution in [0.25, 0.3) is 5.69 Å². The van der Waals surface area contributed by atoms with E-state index >= 15 is 0 Å². The van der Waals surface area contributed by atoms with Crippen LogP contribution >= 0.6 is 11.8 Å². The molecule has 21 heavy (non-hydrogen) atoms. The van der Waals surface area contributed by atoms with Crippen molar-refractivity contribution in [1.29, 1.82) is 0 Å². The number of hydrogen-bond donors (Lipinski definition) is 1. The van der Waals surface area contributed by atoms with E-state index in [1.165, 1.54) is 11.1 Å². The first kappa shape index (κ1) is 13.8. The molecule has 0 radical (unpaired) electrons. The van der Waals surface area contributed by atoms with Crippen molar-refractivity contribution < 1.29 is 0 Å². The fourth-order valence-electron chi connectivity index (χ4n) is 2.10. The number of nitrogens with zero attached hydrogens (tertiary/aromatic N) is 2. The van der Waals surface area contributed by atoms with Gasteiger partial charge in [-0.3, -0.25) is 0 Å². The van der Waals surface area contributed by atoms with Crippen molar-refractivity contribution in [2.24, 2.45) is 0 Å². The first-order chi connectivity index (χ1) is 10.2. The van der Waals surface area contributed by atoms with Gasteiger partial charge in [-0.05, 0) is 42.3 Å². The molecule has 3 aromatic rings. The van der Waals surface area contributed by atoms with Crippen LogP contribution in [0.4, 0.5) is 5.69 Å². The number of nitrogens with two attached hydrogens (primary N) is 1. The van der Waals surface area contributed by atoms with Gasteiger partial charge < -0.3 is 10.3 Å². The SMILES string of the molecule is Cc1ccc(N)c(SCc2ccc(-n3ccnc3)cc2)c1. The summed E-state index contributed by atoms with van der Waals surface area (Å²) < 4.78 is 2.00. The molecule has 0 bridgehead atoms. The highest BCUT2D eigenvalue weighted by molar-refractivity contribution is 7.98. The van der Waals surface area contributed by atoms with Gasteiger partial charge >= 0.3 is 0 Å². The summed E-state index contributed by atoms with van der Waals surface area (Å²) in [5, 5.41) is 0. The zero-order valence-electron chi connectivity index (χ0n) is 11.9. The van der Waals surface area contributed by atoms with Gasteiger partial charge in [0, 0.05) is 34.4 Å². The summed E-state index contributed by atoms with van der Waals surface area (Å²) in [6.07, 6.45) is 5.53. The molecule has 0 saturated carbocycles. The molecule has 1 heterocycles. The second kappa shape index (κ2) is 6.06. The topological polar surface area (TPSA) is 43.8 Å². The Kier molecular flexibility index (Phi) is 3.97. The van der Waals surface area contributed by atoms with E-state index in [0.29, 0.717) is 0 Å². The number of aromatic nitrogens is 2. The Hall–Kier alpha value is -2.20. The molecule has 4 heteroatoms. The Morgan fingerprint density at radius 2 is 1.95 bits per heavy atom. The van der Waals surface area contributed by atoms with Crippen LogP contribution in [-0.2, 0) is 5.75 Å². The maximum absolute atomic E-state index is 6.01. The molecular weight excluding hydrogens is 278 g/mol. The van der Waals surface area contributed by atoms with Gasteiger partial charge in [0.1, 0.15) is 0 Å². The highest BCUT2D eigenvalue weighted by atomic mass is 32.2. The monoisotopic (exact) mass is 295 g/mol. The van der Waals surface area contributed by atoms with Crippen LogP contribution in [0.1, 0.15) is 11.1 Å². The van der Waals surface area contributed by atoms with Crippen molar-refractivity contribution in [2.45, 2.75) is 17.6 Å². The number of aryl methyl sites for hydroxylation is 1. The average Bonchev–Trinajstić information content (AvgIpc) is 3.03. The third-order valence-corrected chi connectivity index (χ3v) is 4.44. The maximum Gasteiger partial charge on any atom is 0.0991 e. The van der Waals surface area contributed by atoms with Crippen LogP contribution < -0.4 is 5.73 Å². The lowest BCUT2D eigenvalue weighted by atomic mass is 10.2. The Balaban J connectivity index is 1.70. The molecule has 2 aromatic carbocycles. The van der Waals surface area contributed by atoms with Crippen molar-refractivity contribution in [2.75, 3.05) is 5.73 Å². The van der Waals surface area contributed by atoms with E-state index in [-0.39, 0.29) is 0 Å². The minimum atomic E-state index is 0.848. The summed E-state index contributed by atoms with van der Waals surface area (Å²) in [5.74, 6) is 0.915. The summed E-state index contributed by atoms with van der Waals surface area (Å²) in [6.45, 7) is 2.09. The zero-order chi connectivity index (χ0) is 14.7. The molecule has 0 amide bonds. The average molecular weight is 295 g/mol. The number of rotatable bonds is 4. The highest BCUT2D eigenvalue weighted by Gasteiger charge is 2.02. The number of thioether (sulfide) groups is 1. The molecule has 0 atom stereocenters. The van der Waals surface area contributed by atoms with Gasteiger partial charge in [0.25, 0.3) is 0 Å². The summed E-state index contributed by atoms with van der Waals surface area (Å²) >= 11 is 1.77. The third-order valence-electron chi connectivity index (χ3n) is 3.30. The Morgan fingerprint density at radius 3 is 2.67 bits per heavy atom. The molecule has 0 aliphatic heterocycles. The van der Waals surface area contributed by atoms with Crippen molar-refractivity contribution in [3.63, 3.8) is 0 Å². The quantitative estimate of drug-likeness (QED) is 0.583. The molecule has 0 aliphatic rings. The lowest BCUT2D eigenvalue weighted by Gasteiger charge is -2.08. The van der Waals surface area contributed by atoms with Crippen LogP contribution in [0, 0.1) is 6.92 Å². The number of hydrogen-bond acceptors (Lipinski definition) is 3. The van der Waals surface area contributed by atoms with Gasteiger partial charge in [-0.2, -0.15) is 0 Å². The zero-order valence-corrected chi connectivity index (χ0v) is 12.7. The van der Waals surface area contributed by atoms with Crippen LogP contribution in [0.2, 0.25) is 0 Å². The number of nitrogen functional groups attached to an aromatic ring is 1. The van der Waals surface area contributed by atoms with Gasteiger partial charge in [0.15, 0.2) is 0 Å². The summed E-state index contributed by atoms with van der Waals surface area (Å²) in [7, 11) is 0. The van der Waals surface area contributed by atoms with Gasteiger partial charge in [-0.1, -0.05) is 18.2 Å². The number of imidazole rings is 1. The molecule has 0 spiro atoms. The largest absolute Gasteiger partial charge is 0.398 e. The molecule has 0 saturated heterocycles. The van der Waals surface area contributed by atoms with E-state index < -0.39 is 0 Å². The summed E-state index contributed by atoms with van der Waals surface area (Å²) in [4.78, 5) is 5.21. The van der Waals surface area contributed by atoms with Crippen LogP contribution in [-0.4, -0.2) is 9.55 Å². The fraction of sp³-hybridized carbons (Fsp3) is 0.118. The van der Waals surface area contributed by atoms with E-state index in [2.05, 4.69) is 42.2 Å². The van der Waals surface area contributed by atoms with Crippen LogP contribution in [0.15, 0.2) is 66.1 Å². The lowest BCUT2D eigenvalue weighted by Crippen LogP contribution is -1.91. The summed E-state index contributed by atoms with van der Waals surface area (Å²) in [5.41, 5.74) is 10.5. The maximum atomic E-state index is 6.01. The molecular formula is C17H17N3S. The first-order valence-corrected chi connectivity index (χ1v) is 7.77. The second-order valence-corrected chi connectivity index (χ2v) is 5.98. The van der Waals surface area contributed by atoms with Crippen molar-refractivity contribution in [3.05, 3.63) is 72.3 Å². The van der Waals surface area contributed by atoms with Crippen LogP contribution in [0.3, 0.4) is 0 Å². The molecule has 2 N–H and O–H groups in total. The fourth-order valence-corrected chi connectivity index (χ4v) is 3.12. The molecule has 3 nitrogen and oxygen atoms in total. The van der Waals surface area contributed by atoms with E-state index in [4.69, 9.17) is 5.73 Å². The molecule has 1 aromatic heterocycles. The van der Waals surface area contributed by atoms with Crippen molar-refractivity contribution in [3.8, 4) is 5.69 Å². The molecule has 3 rings (SSSR count). The Morgan fingerprint density at radius 1 is 1.14 bits per heavy atom. The number of benzene rings is 2. The van der Waals surface area contributed by atoms with Gasteiger partial charge in [0.2, 0.25) is 0 Å². The van der Waals surface area contributed by atoms with Gasteiger partial charge in [-0.25, -0.2) is 4.98 Å². The predicted molar refractivity (Wildman–Crippen MR) is 88.7 cm³/mol. The van der Waals surface area contributed by atoms with E-state index in [1.807, 2.05) is 22.9 Å². The number of anilines is 1. The van der Waals surface area contributed by atoms with Gasteiger partial charge in [-0.15, -0.1) is 11.8 Å². The van der Waals surface area contributed by atoms with E-state index in [1.54, 1.807) is 24.3 Å².